The largest absolute Gasteiger partial charge is 0.506 e. The molecule has 1 aromatic heterocycles. The number of phenolic OH excluding ortho intramolecular Hbond substituents is 1. The number of carbonyl (C=O) groups is 1. The number of hydrogen-bond acceptors (Lipinski definition) is 6. The minimum atomic E-state index is -0.495. The Morgan fingerprint density at radius 2 is 2.03 bits per heavy atom. The molecule has 3 aromatic rings. The van der Waals surface area contributed by atoms with Crippen molar-refractivity contribution in [3.63, 3.8) is 0 Å². The second-order valence-corrected chi connectivity index (χ2v) is 9.70. The highest BCUT2D eigenvalue weighted by molar-refractivity contribution is 9.10. The van der Waals surface area contributed by atoms with Gasteiger partial charge in [0.15, 0.2) is 0 Å². The zero-order valence-corrected chi connectivity index (χ0v) is 21.5. The van der Waals surface area contributed by atoms with Crippen LogP contribution in [-0.2, 0) is 24.9 Å². The first-order valence-electron chi connectivity index (χ1n) is 11.7. The number of hydrogen-bond donors (Lipinski definition) is 2. The molecule has 2 N–H and O–H groups in total. The minimum absolute atomic E-state index is 0.0546. The summed E-state index contributed by atoms with van der Waals surface area (Å²) in [5.41, 5.74) is 2.31. The van der Waals surface area contributed by atoms with Gasteiger partial charge < -0.3 is 24.3 Å². The van der Waals surface area contributed by atoms with Gasteiger partial charge in [0.1, 0.15) is 23.9 Å². The van der Waals surface area contributed by atoms with Crippen molar-refractivity contribution in [3.05, 3.63) is 57.4 Å². The number of fused-ring (bicyclic) bond motifs is 1. The molecule has 1 aliphatic heterocycles. The van der Waals surface area contributed by atoms with Crippen LogP contribution in [0.5, 0.6) is 11.5 Å². The number of nitrogens with zero attached hydrogens (tertiary/aromatic N) is 2. The molecular formula is C26H30BrFN2O5. The van der Waals surface area contributed by atoms with E-state index in [4.69, 9.17) is 9.47 Å². The van der Waals surface area contributed by atoms with Gasteiger partial charge in [0.25, 0.3) is 0 Å². The van der Waals surface area contributed by atoms with Gasteiger partial charge in [-0.15, -0.1) is 0 Å². The third-order valence-corrected chi connectivity index (χ3v) is 7.15. The predicted octanol–water partition coefficient (Wildman–Crippen LogP) is 4.75. The molecule has 0 radical (unpaired) electrons. The van der Waals surface area contributed by atoms with Gasteiger partial charge in [0.2, 0.25) is 0 Å². The Morgan fingerprint density at radius 3 is 2.71 bits per heavy atom. The Labute approximate surface area is 212 Å². The fraction of sp³-hybridized carbons (Fsp3) is 0.423. The van der Waals surface area contributed by atoms with Gasteiger partial charge >= 0.3 is 5.97 Å². The second kappa shape index (κ2) is 11.0. The number of likely N-dealkylation sites (tertiary alicyclic amines) is 1. The van der Waals surface area contributed by atoms with Crippen molar-refractivity contribution in [1.82, 2.24) is 9.47 Å². The molecule has 1 unspecified atom stereocenters. The van der Waals surface area contributed by atoms with Crippen molar-refractivity contribution in [2.45, 2.75) is 32.9 Å². The van der Waals surface area contributed by atoms with Crippen LogP contribution in [0.15, 0.2) is 34.8 Å². The first-order chi connectivity index (χ1) is 16.8. The fourth-order valence-corrected chi connectivity index (χ4v) is 5.23. The van der Waals surface area contributed by atoms with Crippen molar-refractivity contribution in [1.29, 1.82) is 0 Å². The lowest BCUT2D eigenvalue weighted by molar-refractivity contribution is 0.0525. The minimum Gasteiger partial charge on any atom is -0.506 e. The van der Waals surface area contributed by atoms with Gasteiger partial charge in [-0.25, -0.2) is 9.18 Å². The summed E-state index contributed by atoms with van der Waals surface area (Å²) in [5.74, 6) is -0.121. The molecule has 2 heterocycles. The number of aliphatic hydroxyl groups is 1. The molecule has 1 fully saturated rings. The van der Waals surface area contributed by atoms with Gasteiger partial charge in [0.05, 0.1) is 27.9 Å². The average molecular weight is 549 g/mol. The highest BCUT2D eigenvalue weighted by Gasteiger charge is 2.29. The maximum Gasteiger partial charge on any atom is 0.340 e. The topological polar surface area (TPSA) is 84.2 Å². The summed E-state index contributed by atoms with van der Waals surface area (Å²) in [6.07, 6.45) is 1.93. The highest BCUT2D eigenvalue weighted by Crippen LogP contribution is 2.40. The second-order valence-electron chi connectivity index (χ2n) is 8.85. The van der Waals surface area contributed by atoms with Gasteiger partial charge in [-0.1, -0.05) is 0 Å². The number of aromatic hydroxyl groups is 1. The quantitative estimate of drug-likeness (QED) is 0.395. The fourth-order valence-electron chi connectivity index (χ4n) is 4.77. The van der Waals surface area contributed by atoms with E-state index in [-0.39, 0.29) is 37.3 Å². The van der Waals surface area contributed by atoms with E-state index < -0.39 is 5.97 Å². The van der Waals surface area contributed by atoms with E-state index in [1.165, 1.54) is 24.3 Å². The van der Waals surface area contributed by atoms with Crippen molar-refractivity contribution in [2.75, 3.05) is 26.3 Å². The van der Waals surface area contributed by atoms with Crippen LogP contribution < -0.4 is 4.74 Å². The molecule has 0 aliphatic carbocycles. The summed E-state index contributed by atoms with van der Waals surface area (Å²) >= 11 is 3.47. The number of rotatable bonds is 8. The Bertz CT molecular complexity index is 1210. The number of halogens is 2. The van der Waals surface area contributed by atoms with E-state index >= 15 is 0 Å². The van der Waals surface area contributed by atoms with Gasteiger partial charge in [-0.3, -0.25) is 4.90 Å². The van der Waals surface area contributed by atoms with Crippen molar-refractivity contribution < 1.29 is 28.9 Å². The summed E-state index contributed by atoms with van der Waals surface area (Å²) in [6.45, 7) is 4.11. The Hall–Kier alpha value is -2.62. The Balaban J connectivity index is 1.81. The van der Waals surface area contributed by atoms with Crippen molar-refractivity contribution >= 4 is 32.8 Å². The molecule has 0 amide bonds. The molecule has 1 saturated heterocycles. The van der Waals surface area contributed by atoms with Crippen LogP contribution in [0.2, 0.25) is 0 Å². The monoisotopic (exact) mass is 548 g/mol. The number of aliphatic hydroxyl groups excluding tert-OH is 1. The van der Waals surface area contributed by atoms with Crippen LogP contribution in [0.1, 0.15) is 41.4 Å². The zero-order chi connectivity index (χ0) is 25.1. The van der Waals surface area contributed by atoms with E-state index in [1.807, 2.05) is 11.6 Å². The molecular weight excluding hydrogens is 519 g/mol. The van der Waals surface area contributed by atoms with Gasteiger partial charge in [-0.05, 0) is 78.5 Å². The van der Waals surface area contributed by atoms with E-state index in [9.17, 15) is 19.4 Å². The maximum absolute atomic E-state index is 13.3. The van der Waals surface area contributed by atoms with Crippen molar-refractivity contribution in [2.24, 2.45) is 13.0 Å². The van der Waals surface area contributed by atoms with Gasteiger partial charge in [-0.2, -0.15) is 0 Å². The number of aryl methyl sites for hydroxylation is 1. The predicted molar refractivity (Wildman–Crippen MR) is 134 cm³/mol. The van der Waals surface area contributed by atoms with Crippen LogP contribution in [0.25, 0.3) is 10.9 Å². The summed E-state index contributed by atoms with van der Waals surface area (Å²) in [4.78, 5) is 15.4. The molecule has 1 aliphatic rings. The summed E-state index contributed by atoms with van der Waals surface area (Å²) in [6, 6.07) is 7.47. The van der Waals surface area contributed by atoms with E-state index in [0.29, 0.717) is 45.5 Å². The first-order valence-corrected chi connectivity index (χ1v) is 12.5. The third kappa shape index (κ3) is 5.32. The molecule has 1 atom stereocenters. The zero-order valence-electron chi connectivity index (χ0n) is 19.9. The average Bonchev–Trinajstić information content (AvgIpc) is 3.13. The molecule has 35 heavy (non-hydrogen) atoms. The number of piperidine rings is 1. The summed E-state index contributed by atoms with van der Waals surface area (Å²) in [5, 5.41) is 21.3. The molecule has 0 bridgehead atoms. The number of carbonyl (C=O) groups excluding carboxylic acids is 1. The number of esters is 1. The smallest absolute Gasteiger partial charge is 0.340 e. The number of benzene rings is 2. The van der Waals surface area contributed by atoms with E-state index in [1.54, 1.807) is 13.0 Å². The van der Waals surface area contributed by atoms with Crippen LogP contribution in [-0.4, -0.2) is 52.0 Å². The number of aromatic nitrogens is 1. The lowest BCUT2D eigenvalue weighted by Gasteiger charge is -2.32. The summed E-state index contributed by atoms with van der Waals surface area (Å²) < 4.78 is 27.0. The number of ether oxygens (including phenoxy) is 2. The lowest BCUT2D eigenvalue weighted by Crippen LogP contribution is -2.36. The normalized spacial score (nSPS) is 16.5. The standard InChI is InChI=1S/C26H30BrFN2O5/c1-3-34-26(33)24-22(15-35-18-8-6-17(28)7-9-18)29(2)21-11-20(27)25(32)19(23(21)24)13-30-10-4-5-16(12-30)14-31/h6-9,11,16,31-32H,3-5,10,12-15H2,1-2H3. The Morgan fingerprint density at radius 1 is 1.29 bits per heavy atom. The molecule has 188 valence electrons. The molecule has 2 aromatic carbocycles. The summed E-state index contributed by atoms with van der Waals surface area (Å²) in [7, 11) is 1.84. The van der Waals surface area contributed by atoms with Crippen molar-refractivity contribution in [3.8, 4) is 11.5 Å². The van der Waals surface area contributed by atoms with Crippen LogP contribution in [0, 0.1) is 11.7 Å². The molecule has 0 saturated carbocycles. The van der Waals surface area contributed by atoms with E-state index in [2.05, 4.69) is 20.8 Å². The Kier molecular flexibility index (Phi) is 7.98. The van der Waals surface area contributed by atoms with Crippen LogP contribution in [0.4, 0.5) is 4.39 Å². The molecule has 0 spiro atoms. The molecule has 4 rings (SSSR count). The number of phenols is 1. The van der Waals surface area contributed by atoms with E-state index in [0.717, 1.165) is 24.9 Å². The molecule has 7 nitrogen and oxygen atoms in total. The third-order valence-electron chi connectivity index (χ3n) is 6.55. The SMILES string of the molecule is CCOC(=O)c1c(COc2ccc(F)cc2)n(C)c2cc(Br)c(O)c(CN3CCCC(CO)C3)c12. The van der Waals surface area contributed by atoms with Crippen LogP contribution in [0.3, 0.4) is 0 Å². The lowest BCUT2D eigenvalue weighted by atomic mass is 9.97. The van der Waals surface area contributed by atoms with Crippen LogP contribution >= 0.6 is 15.9 Å². The first kappa shape index (κ1) is 25.5. The maximum atomic E-state index is 13.3. The van der Waals surface area contributed by atoms with Gasteiger partial charge in [0, 0.05) is 37.7 Å². The molecule has 9 heteroatoms. The highest BCUT2D eigenvalue weighted by atomic mass is 79.9.